The second-order valence-electron chi connectivity index (χ2n) is 5.77. The second-order valence-corrected chi connectivity index (χ2v) is 5.77. The molecule has 1 aromatic heterocycles. The van der Waals surface area contributed by atoms with E-state index in [2.05, 4.69) is 18.8 Å². The zero-order valence-electron chi connectivity index (χ0n) is 11.7. The van der Waals surface area contributed by atoms with Crippen molar-refractivity contribution in [3.8, 4) is 0 Å². The molecule has 2 rings (SSSR count). The average Bonchev–Trinajstić information content (AvgIpc) is 2.40. The van der Waals surface area contributed by atoms with Gasteiger partial charge in [-0.3, -0.25) is 0 Å². The van der Waals surface area contributed by atoms with Crippen molar-refractivity contribution in [3.63, 3.8) is 0 Å². The highest BCUT2D eigenvalue weighted by molar-refractivity contribution is 5.41. The van der Waals surface area contributed by atoms with Crippen LogP contribution in [0.25, 0.3) is 0 Å². The number of nitrogens with zero attached hydrogens (tertiary/aromatic N) is 1. The summed E-state index contributed by atoms with van der Waals surface area (Å²) in [5, 5.41) is 0. The molecule has 1 aliphatic heterocycles. The van der Waals surface area contributed by atoms with Crippen LogP contribution in [0.5, 0.6) is 0 Å². The van der Waals surface area contributed by atoms with Crippen LogP contribution in [0.2, 0.25) is 0 Å². The predicted molar refractivity (Wildman–Crippen MR) is 74.3 cm³/mol. The Bertz CT molecular complexity index is 417. The van der Waals surface area contributed by atoms with Crippen LogP contribution in [0.15, 0.2) is 12.3 Å². The Hall–Kier alpha value is -1.16. The summed E-state index contributed by atoms with van der Waals surface area (Å²) in [5.41, 5.74) is 6.79. The van der Waals surface area contributed by atoms with E-state index >= 15 is 0 Å². The normalized spacial score (nSPS) is 18.7. The molecule has 2 N–H and O–H groups in total. The highest BCUT2D eigenvalue weighted by Gasteiger charge is 2.25. The molecule has 1 fully saturated rings. The van der Waals surface area contributed by atoms with E-state index in [0.29, 0.717) is 17.7 Å². The maximum atomic E-state index is 13.4. The van der Waals surface area contributed by atoms with E-state index in [1.165, 1.54) is 6.20 Å². The SMILES string of the molecule is CC(C)[C@H](CC1CCOCC1)c1cc(F)cnc1N. The summed E-state index contributed by atoms with van der Waals surface area (Å²) in [4.78, 5) is 3.95. The quantitative estimate of drug-likeness (QED) is 0.909. The van der Waals surface area contributed by atoms with Gasteiger partial charge in [0.05, 0.1) is 6.20 Å². The third-order valence-corrected chi connectivity index (χ3v) is 4.05. The molecule has 1 atom stereocenters. The molecule has 1 saturated heterocycles. The van der Waals surface area contributed by atoms with Crippen molar-refractivity contribution >= 4 is 5.82 Å². The van der Waals surface area contributed by atoms with Crippen LogP contribution in [-0.2, 0) is 4.74 Å². The van der Waals surface area contributed by atoms with Gasteiger partial charge < -0.3 is 10.5 Å². The molecule has 0 spiro atoms. The molecule has 1 aromatic rings. The fourth-order valence-electron chi connectivity index (χ4n) is 2.86. The number of nitrogen functional groups attached to an aromatic ring is 1. The maximum absolute atomic E-state index is 13.4. The summed E-state index contributed by atoms with van der Waals surface area (Å²) in [7, 11) is 0. The van der Waals surface area contributed by atoms with Gasteiger partial charge in [0.1, 0.15) is 11.6 Å². The Morgan fingerprint density at radius 1 is 1.42 bits per heavy atom. The summed E-state index contributed by atoms with van der Waals surface area (Å²) < 4.78 is 18.8. The van der Waals surface area contributed by atoms with Crippen molar-refractivity contribution < 1.29 is 9.13 Å². The fraction of sp³-hybridized carbons (Fsp3) is 0.667. The molecule has 3 nitrogen and oxygen atoms in total. The first kappa shape index (κ1) is 14.3. The number of aromatic nitrogens is 1. The van der Waals surface area contributed by atoms with Gasteiger partial charge in [-0.15, -0.1) is 0 Å². The molecule has 4 heteroatoms. The van der Waals surface area contributed by atoms with Gasteiger partial charge in [0, 0.05) is 18.8 Å². The fourth-order valence-corrected chi connectivity index (χ4v) is 2.86. The van der Waals surface area contributed by atoms with Crippen LogP contribution in [0.4, 0.5) is 10.2 Å². The lowest BCUT2D eigenvalue weighted by molar-refractivity contribution is 0.0601. The van der Waals surface area contributed by atoms with E-state index in [4.69, 9.17) is 10.5 Å². The van der Waals surface area contributed by atoms with Gasteiger partial charge in [-0.25, -0.2) is 9.37 Å². The van der Waals surface area contributed by atoms with Crippen molar-refractivity contribution in [3.05, 3.63) is 23.6 Å². The zero-order chi connectivity index (χ0) is 13.8. The van der Waals surface area contributed by atoms with E-state index in [-0.39, 0.29) is 11.7 Å². The van der Waals surface area contributed by atoms with E-state index in [1.807, 2.05) is 0 Å². The van der Waals surface area contributed by atoms with Crippen LogP contribution in [0.1, 0.15) is 44.6 Å². The van der Waals surface area contributed by atoms with Crippen LogP contribution in [0, 0.1) is 17.7 Å². The summed E-state index contributed by atoms with van der Waals surface area (Å²) in [6.45, 7) is 6.00. The molecule has 0 radical (unpaired) electrons. The smallest absolute Gasteiger partial charge is 0.141 e. The Labute approximate surface area is 114 Å². The molecule has 0 saturated carbocycles. The lowest BCUT2D eigenvalue weighted by Gasteiger charge is -2.29. The average molecular weight is 266 g/mol. The predicted octanol–water partition coefficient (Wildman–Crippen LogP) is 3.36. The van der Waals surface area contributed by atoms with E-state index in [9.17, 15) is 4.39 Å². The Kier molecular flexibility index (Phi) is 4.75. The molecule has 0 bridgehead atoms. The number of hydrogen-bond donors (Lipinski definition) is 1. The minimum atomic E-state index is -0.304. The zero-order valence-corrected chi connectivity index (χ0v) is 11.7. The molecule has 0 unspecified atom stereocenters. The van der Waals surface area contributed by atoms with Crippen molar-refractivity contribution in [2.45, 2.75) is 39.0 Å². The molecule has 19 heavy (non-hydrogen) atoms. The summed E-state index contributed by atoms with van der Waals surface area (Å²) >= 11 is 0. The first-order valence-corrected chi connectivity index (χ1v) is 7.06. The van der Waals surface area contributed by atoms with Crippen LogP contribution < -0.4 is 5.73 Å². The number of pyridine rings is 1. The van der Waals surface area contributed by atoms with Gasteiger partial charge in [0.25, 0.3) is 0 Å². The molecule has 2 heterocycles. The second kappa shape index (κ2) is 6.33. The van der Waals surface area contributed by atoms with Crippen molar-refractivity contribution in [1.29, 1.82) is 0 Å². The van der Waals surface area contributed by atoms with Crippen molar-refractivity contribution in [2.75, 3.05) is 18.9 Å². The summed E-state index contributed by atoms with van der Waals surface area (Å²) in [6, 6.07) is 1.55. The third-order valence-electron chi connectivity index (χ3n) is 4.05. The minimum Gasteiger partial charge on any atom is -0.383 e. The number of ether oxygens (including phenoxy) is 1. The highest BCUT2D eigenvalue weighted by atomic mass is 19.1. The maximum Gasteiger partial charge on any atom is 0.141 e. The monoisotopic (exact) mass is 266 g/mol. The molecule has 106 valence electrons. The van der Waals surface area contributed by atoms with Crippen molar-refractivity contribution in [1.82, 2.24) is 4.98 Å². The van der Waals surface area contributed by atoms with Crippen LogP contribution in [0.3, 0.4) is 0 Å². The minimum absolute atomic E-state index is 0.270. The molecular weight excluding hydrogens is 243 g/mol. The third kappa shape index (κ3) is 3.66. The number of hydrogen-bond acceptors (Lipinski definition) is 3. The number of anilines is 1. The summed E-state index contributed by atoms with van der Waals surface area (Å²) in [5.74, 6) is 1.50. The van der Waals surface area contributed by atoms with Gasteiger partial charge in [-0.05, 0) is 43.1 Å². The molecule has 1 aliphatic rings. The Balaban J connectivity index is 2.16. The summed E-state index contributed by atoms with van der Waals surface area (Å²) in [6.07, 6.45) is 4.40. The van der Waals surface area contributed by atoms with Gasteiger partial charge in [0.2, 0.25) is 0 Å². The number of nitrogens with two attached hydrogens (primary N) is 1. The van der Waals surface area contributed by atoms with Gasteiger partial charge >= 0.3 is 0 Å². The standard InChI is InChI=1S/C15H23FN2O/c1-10(2)13(7-11-3-5-19-6-4-11)14-8-12(16)9-18-15(14)17/h8-11,13H,3-7H2,1-2H3,(H2,17,18)/t13-/m0/s1. The topological polar surface area (TPSA) is 48.1 Å². The van der Waals surface area contributed by atoms with E-state index in [1.54, 1.807) is 6.07 Å². The first-order chi connectivity index (χ1) is 9.08. The molecule has 0 amide bonds. The molecular formula is C15H23FN2O. The van der Waals surface area contributed by atoms with E-state index < -0.39 is 0 Å². The molecule has 0 aromatic carbocycles. The number of rotatable bonds is 4. The van der Waals surface area contributed by atoms with Crippen molar-refractivity contribution in [2.24, 2.45) is 11.8 Å². The largest absolute Gasteiger partial charge is 0.383 e. The number of halogens is 1. The van der Waals surface area contributed by atoms with E-state index in [0.717, 1.165) is 38.0 Å². The first-order valence-electron chi connectivity index (χ1n) is 7.06. The lowest BCUT2D eigenvalue weighted by atomic mass is 9.79. The Morgan fingerprint density at radius 3 is 2.74 bits per heavy atom. The highest BCUT2D eigenvalue weighted by Crippen LogP contribution is 2.36. The lowest BCUT2D eigenvalue weighted by Crippen LogP contribution is -2.21. The Morgan fingerprint density at radius 2 is 2.11 bits per heavy atom. The molecule has 0 aliphatic carbocycles. The van der Waals surface area contributed by atoms with Crippen LogP contribution in [-0.4, -0.2) is 18.2 Å². The van der Waals surface area contributed by atoms with Gasteiger partial charge in [-0.1, -0.05) is 13.8 Å². The van der Waals surface area contributed by atoms with Gasteiger partial charge in [0.15, 0.2) is 0 Å². The van der Waals surface area contributed by atoms with Gasteiger partial charge in [-0.2, -0.15) is 0 Å². The van der Waals surface area contributed by atoms with Crippen LogP contribution >= 0.6 is 0 Å².